The molecule has 0 fully saturated rings. The average molecular weight is 298 g/mol. The molecule has 0 spiro atoms. The molecule has 0 saturated carbocycles. The quantitative estimate of drug-likeness (QED) is 0.878. The summed E-state index contributed by atoms with van der Waals surface area (Å²) in [6, 6.07) is 10.3. The largest absolute Gasteiger partial charge is 0.311 e. The summed E-state index contributed by atoms with van der Waals surface area (Å²) in [6.07, 6.45) is 3.52. The van der Waals surface area contributed by atoms with E-state index < -0.39 is 0 Å². The van der Waals surface area contributed by atoms with E-state index in [4.69, 9.17) is 0 Å². The Morgan fingerprint density at radius 3 is 3.00 bits per heavy atom. The summed E-state index contributed by atoms with van der Waals surface area (Å²) in [4.78, 5) is 17.2. The summed E-state index contributed by atoms with van der Waals surface area (Å²) >= 11 is 1.69. The summed E-state index contributed by atoms with van der Waals surface area (Å²) in [5, 5.41) is 3.39. The number of amides is 1. The van der Waals surface area contributed by atoms with E-state index in [2.05, 4.69) is 23.5 Å². The van der Waals surface area contributed by atoms with Gasteiger partial charge >= 0.3 is 0 Å². The molecular formula is C17H18N2OS. The monoisotopic (exact) mass is 298 g/mol. The van der Waals surface area contributed by atoms with Crippen molar-refractivity contribution in [1.29, 1.82) is 0 Å². The minimum Gasteiger partial charge on any atom is -0.311 e. The highest BCUT2D eigenvalue weighted by molar-refractivity contribution is 7.14. The van der Waals surface area contributed by atoms with Gasteiger partial charge < -0.3 is 10.2 Å². The van der Waals surface area contributed by atoms with E-state index in [1.165, 1.54) is 22.4 Å². The first kappa shape index (κ1) is 13.0. The first-order chi connectivity index (χ1) is 10.3. The Balaban J connectivity index is 1.70. The molecule has 4 heteroatoms. The molecule has 21 heavy (non-hydrogen) atoms. The van der Waals surface area contributed by atoms with Crippen LogP contribution in [0.2, 0.25) is 0 Å². The molecule has 1 aromatic heterocycles. The van der Waals surface area contributed by atoms with Crippen LogP contribution in [0.4, 0.5) is 5.69 Å². The van der Waals surface area contributed by atoms with Crippen LogP contribution >= 0.6 is 11.3 Å². The lowest BCUT2D eigenvalue weighted by Gasteiger charge is -2.21. The van der Waals surface area contributed by atoms with Gasteiger partial charge in [-0.25, -0.2) is 0 Å². The second-order valence-corrected chi connectivity index (χ2v) is 6.81. The third kappa shape index (κ3) is 2.28. The number of rotatable bonds is 1. The molecule has 0 atom stereocenters. The number of anilines is 1. The number of carbonyl (C=O) groups excluding carboxylic acids is 1. The highest BCUT2D eigenvalue weighted by Crippen LogP contribution is 2.32. The predicted octanol–water partition coefficient (Wildman–Crippen LogP) is 2.99. The van der Waals surface area contributed by atoms with E-state index >= 15 is 0 Å². The molecule has 1 aliphatic heterocycles. The number of hydrogen-bond acceptors (Lipinski definition) is 3. The van der Waals surface area contributed by atoms with Gasteiger partial charge in [-0.15, -0.1) is 11.3 Å². The maximum atomic E-state index is 12.9. The minimum atomic E-state index is 0.158. The van der Waals surface area contributed by atoms with Crippen molar-refractivity contribution >= 4 is 22.9 Å². The third-order valence-electron chi connectivity index (χ3n) is 4.31. The highest BCUT2D eigenvalue weighted by atomic mass is 32.1. The van der Waals surface area contributed by atoms with Gasteiger partial charge in [0.05, 0.1) is 4.88 Å². The fourth-order valence-corrected chi connectivity index (χ4v) is 4.44. The zero-order chi connectivity index (χ0) is 14.2. The van der Waals surface area contributed by atoms with Crippen molar-refractivity contribution in [2.75, 3.05) is 18.0 Å². The van der Waals surface area contributed by atoms with Crippen LogP contribution in [0.15, 0.2) is 30.3 Å². The van der Waals surface area contributed by atoms with Crippen molar-refractivity contribution < 1.29 is 4.79 Å². The summed E-state index contributed by atoms with van der Waals surface area (Å²) in [7, 11) is 0. The molecule has 3 nitrogen and oxygen atoms in total. The molecule has 1 aromatic carbocycles. The standard InChI is InChI=1S/C17H18N2OS/c20-17(16-10-12-5-3-7-15(12)21-16)19-9-8-18-11-13-4-1-2-6-14(13)19/h1-2,4,6,10,18H,3,5,7-9,11H2. The predicted molar refractivity (Wildman–Crippen MR) is 86.2 cm³/mol. The molecule has 1 aliphatic carbocycles. The molecule has 0 saturated heterocycles. The van der Waals surface area contributed by atoms with E-state index in [-0.39, 0.29) is 5.91 Å². The van der Waals surface area contributed by atoms with Gasteiger partial charge in [0.2, 0.25) is 0 Å². The molecule has 108 valence electrons. The van der Waals surface area contributed by atoms with Crippen LogP contribution in [0.1, 0.15) is 32.1 Å². The SMILES string of the molecule is O=C(c1cc2c(s1)CCC2)N1CCNCc2ccccc21. The molecule has 0 bridgehead atoms. The lowest BCUT2D eigenvalue weighted by atomic mass is 10.1. The van der Waals surface area contributed by atoms with E-state index in [1.807, 2.05) is 17.0 Å². The smallest absolute Gasteiger partial charge is 0.268 e. The number of aryl methyl sites for hydroxylation is 2. The Labute approximate surface area is 128 Å². The molecule has 2 heterocycles. The number of hydrogen-bond donors (Lipinski definition) is 1. The molecule has 1 amide bonds. The van der Waals surface area contributed by atoms with Gasteiger partial charge in [-0.2, -0.15) is 0 Å². The van der Waals surface area contributed by atoms with Crippen LogP contribution < -0.4 is 10.2 Å². The lowest BCUT2D eigenvalue weighted by Crippen LogP contribution is -2.34. The molecule has 4 rings (SSSR count). The number of thiophene rings is 1. The lowest BCUT2D eigenvalue weighted by molar-refractivity contribution is 0.0991. The second-order valence-electron chi connectivity index (χ2n) is 5.67. The Morgan fingerprint density at radius 1 is 1.19 bits per heavy atom. The number of carbonyl (C=O) groups is 1. The Bertz CT molecular complexity index is 670. The zero-order valence-electron chi connectivity index (χ0n) is 11.9. The van der Waals surface area contributed by atoms with Gasteiger partial charge in [0.25, 0.3) is 5.91 Å². The van der Waals surface area contributed by atoms with Gasteiger partial charge in [-0.3, -0.25) is 4.79 Å². The topological polar surface area (TPSA) is 32.3 Å². The van der Waals surface area contributed by atoms with Crippen LogP contribution in [0.3, 0.4) is 0 Å². The van der Waals surface area contributed by atoms with Crippen LogP contribution in [-0.4, -0.2) is 19.0 Å². The summed E-state index contributed by atoms with van der Waals surface area (Å²) in [5.74, 6) is 0.158. The summed E-state index contributed by atoms with van der Waals surface area (Å²) < 4.78 is 0. The van der Waals surface area contributed by atoms with E-state index in [0.29, 0.717) is 0 Å². The van der Waals surface area contributed by atoms with Crippen LogP contribution in [0.5, 0.6) is 0 Å². The van der Waals surface area contributed by atoms with Gasteiger partial charge in [-0.1, -0.05) is 18.2 Å². The zero-order valence-corrected chi connectivity index (χ0v) is 12.7. The van der Waals surface area contributed by atoms with Crippen LogP contribution in [0, 0.1) is 0 Å². The molecule has 2 aliphatic rings. The fourth-order valence-electron chi connectivity index (χ4n) is 3.24. The van der Waals surface area contributed by atoms with Crippen molar-refractivity contribution in [3.8, 4) is 0 Å². The summed E-state index contributed by atoms with van der Waals surface area (Å²) in [6.45, 7) is 2.41. The first-order valence-electron chi connectivity index (χ1n) is 7.55. The number of fused-ring (bicyclic) bond motifs is 2. The molecule has 1 N–H and O–H groups in total. The number of nitrogens with zero attached hydrogens (tertiary/aromatic N) is 1. The van der Waals surface area contributed by atoms with Gasteiger partial charge in [-0.05, 0) is 42.5 Å². The second kappa shape index (κ2) is 5.28. The minimum absolute atomic E-state index is 0.158. The highest BCUT2D eigenvalue weighted by Gasteiger charge is 2.25. The summed E-state index contributed by atoms with van der Waals surface area (Å²) in [5.41, 5.74) is 3.65. The maximum Gasteiger partial charge on any atom is 0.268 e. The van der Waals surface area contributed by atoms with E-state index in [9.17, 15) is 4.79 Å². The van der Waals surface area contributed by atoms with Gasteiger partial charge in [0.15, 0.2) is 0 Å². The van der Waals surface area contributed by atoms with Gasteiger partial charge in [0, 0.05) is 30.2 Å². The molecule has 0 unspecified atom stereocenters. The molecule has 2 aromatic rings. The fraction of sp³-hybridized carbons (Fsp3) is 0.353. The Hall–Kier alpha value is -1.65. The number of benzene rings is 1. The van der Waals surface area contributed by atoms with Crippen molar-refractivity contribution in [1.82, 2.24) is 5.32 Å². The average Bonchev–Trinajstić information content (AvgIpc) is 3.02. The number of nitrogens with one attached hydrogen (secondary N) is 1. The van der Waals surface area contributed by atoms with E-state index in [0.717, 1.165) is 43.0 Å². The Morgan fingerprint density at radius 2 is 2.10 bits per heavy atom. The third-order valence-corrected chi connectivity index (χ3v) is 5.54. The number of para-hydroxylation sites is 1. The molecule has 0 radical (unpaired) electrons. The van der Waals surface area contributed by atoms with Crippen molar-refractivity contribution in [3.05, 3.63) is 51.2 Å². The molecular weight excluding hydrogens is 280 g/mol. The Kier molecular flexibility index (Phi) is 3.28. The first-order valence-corrected chi connectivity index (χ1v) is 8.36. The normalized spacial score (nSPS) is 17.2. The van der Waals surface area contributed by atoms with Crippen molar-refractivity contribution in [3.63, 3.8) is 0 Å². The van der Waals surface area contributed by atoms with Crippen molar-refractivity contribution in [2.24, 2.45) is 0 Å². The van der Waals surface area contributed by atoms with Crippen LogP contribution in [-0.2, 0) is 19.4 Å². The van der Waals surface area contributed by atoms with Gasteiger partial charge in [0.1, 0.15) is 0 Å². The van der Waals surface area contributed by atoms with Crippen molar-refractivity contribution in [2.45, 2.75) is 25.8 Å². The van der Waals surface area contributed by atoms with E-state index in [1.54, 1.807) is 11.3 Å². The maximum absolute atomic E-state index is 12.9. The van der Waals surface area contributed by atoms with Crippen LogP contribution in [0.25, 0.3) is 0 Å².